The number of hydrogen-bond acceptors (Lipinski definition) is 15. The Morgan fingerprint density at radius 2 is 0.500 bits per heavy atom. The van der Waals surface area contributed by atoms with Crippen LogP contribution in [0.3, 0.4) is 0 Å². The Kier molecular flexibility index (Phi) is 76.7. The van der Waals surface area contributed by atoms with Crippen LogP contribution < -0.4 is 0 Å². The van der Waals surface area contributed by atoms with Crippen LogP contribution >= 0.6 is 15.6 Å². The van der Waals surface area contributed by atoms with Crippen LogP contribution in [-0.4, -0.2) is 96.7 Å². The van der Waals surface area contributed by atoms with Crippen molar-refractivity contribution >= 4 is 39.5 Å². The molecule has 0 aliphatic carbocycles. The number of esters is 4. The Labute approximate surface area is 656 Å². The van der Waals surface area contributed by atoms with Crippen molar-refractivity contribution in [3.8, 4) is 0 Å². The summed E-state index contributed by atoms with van der Waals surface area (Å²) < 4.78 is 68.8. The summed E-state index contributed by atoms with van der Waals surface area (Å²) in [6.07, 6.45) is 91.2. The SMILES string of the molecule is CC/C=C\C/C=C\C/C=C\CCCCCCCCCC(=O)OCC(COP(=O)(O)OCC(O)COP(=O)(O)OCC(COC(=O)CCCCCCCC/C=C\C/C=C\C/C=C\CCCCC)OC(=O)CCCCCCCC/C=C\C/C=C\C/C=C\CCCCC)OC(=O)CCCCCCC/C=C\C/C=C\CCC. The summed E-state index contributed by atoms with van der Waals surface area (Å²) in [5, 5.41) is 10.7. The maximum atomic E-state index is 13.1. The van der Waals surface area contributed by atoms with Gasteiger partial charge in [-0.05, 0) is 161 Å². The molecule has 19 heteroatoms. The van der Waals surface area contributed by atoms with E-state index in [2.05, 4.69) is 161 Å². The predicted molar refractivity (Wildman–Crippen MR) is 445 cm³/mol. The maximum Gasteiger partial charge on any atom is 0.472 e. The minimum atomic E-state index is -4.99. The summed E-state index contributed by atoms with van der Waals surface area (Å²) >= 11 is 0. The molecule has 108 heavy (non-hydrogen) atoms. The van der Waals surface area contributed by atoms with Gasteiger partial charge in [-0.2, -0.15) is 0 Å². The molecule has 0 saturated heterocycles. The van der Waals surface area contributed by atoms with Crippen LogP contribution in [0.2, 0.25) is 0 Å². The summed E-state index contributed by atoms with van der Waals surface area (Å²) in [4.78, 5) is 73.2. The number of aliphatic hydroxyl groups is 1. The normalized spacial score (nSPS) is 14.5. The Morgan fingerprint density at radius 1 is 0.269 bits per heavy atom. The van der Waals surface area contributed by atoms with E-state index in [1.807, 2.05) is 0 Å². The van der Waals surface area contributed by atoms with E-state index < -0.39 is 97.5 Å². The van der Waals surface area contributed by atoms with E-state index in [-0.39, 0.29) is 25.7 Å². The zero-order chi connectivity index (χ0) is 78.9. The minimum Gasteiger partial charge on any atom is -0.462 e. The fraction of sp³-hybridized carbons (Fsp3) is 0.708. The van der Waals surface area contributed by atoms with Crippen LogP contribution in [0.15, 0.2) is 134 Å². The topological polar surface area (TPSA) is 237 Å². The van der Waals surface area contributed by atoms with Crippen molar-refractivity contribution in [3.63, 3.8) is 0 Å². The molecule has 0 aromatic carbocycles. The van der Waals surface area contributed by atoms with E-state index in [4.69, 9.17) is 37.0 Å². The first-order valence-corrected chi connectivity index (χ1v) is 45.4. The molecule has 0 bridgehead atoms. The van der Waals surface area contributed by atoms with Gasteiger partial charge in [0.1, 0.15) is 19.3 Å². The number of rotatable bonds is 79. The monoisotopic (exact) mass is 1560 g/mol. The first kappa shape index (κ1) is 103. The number of allylic oxidation sites excluding steroid dienone is 22. The van der Waals surface area contributed by atoms with Gasteiger partial charge in [0.25, 0.3) is 0 Å². The van der Waals surface area contributed by atoms with Gasteiger partial charge < -0.3 is 33.8 Å². The molecule has 0 aliphatic heterocycles. The Balaban J connectivity index is 5.40. The molecule has 0 radical (unpaired) electrons. The summed E-state index contributed by atoms with van der Waals surface area (Å²) in [6.45, 7) is 4.63. The van der Waals surface area contributed by atoms with E-state index in [0.717, 1.165) is 231 Å². The largest absolute Gasteiger partial charge is 0.472 e. The summed E-state index contributed by atoms with van der Waals surface area (Å²) in [6, 6.07) is 0. The highest BCUT2D eigenvalue weighted by Crippen LogP contribution is 2.45. The number of phosphoric ester groups is 2. The van der Waals surface area contributed by atoms with Crippen molar-refractivity contribution in [2.75, 3.05) is 39.6 Å². The maximum absolute atomic E-state index is 13.1. The fourth-order valence-electron chi connectivity index (χ4n) is 11.1. The lowest BCUT2D eigenvalue weighted by atomic mass is 10.1. The van der Waals surface area contributed by atoms with Crippen molar-refractivity contribution in [1.29, 1.82) is 0 Å². The lowest BCUT2D eigenvalue weighted by Crippen LogP contribution is -2.30. The third kappa shape index (κ3) is 79.3. The van der Waals surface area contributed by atoms with Gasteiger partial charge in [0, 0.05) is 25.7 Å². The van der Waals surface area contributed by atoms with Gasteiger partial charge in [0.2, 0.25) is 0 Å². The molecule has 620 valence electrons. The second-order valence-electron chi connectivity index (χ2n) is 28.0. The molecule has 0 aromatic heterocycles. The zero-order valence-corrected chi connectivity index (χ0v) is 69.8. The van der Waals surface area contributed by atoms with Crippen molar-refractivity contribution in [3.05, 3.63) is 134 Å². The number of carbonyl (C=O) groups excluding carboxylic acids is 4. The van der Waals surface area contributed by atoms with Gasteiger partial charge in [-0.1, -0.05) is 296 Å². The zero-order valence-electron chi connectivity index (χ0n) is 68.0. The molecule has 5 atom stereocenters. The Hall–Kier alpha value is -4.80. The smallest absolute Gasteiger partial charge is 0.462 e. The molecule has 0 heterocycles. The number of phosphoric acid groups is 2. The molecule has 0 saturated carbocycles. The van der Waals surface area contributed by atoms with E-state index >= 15 is 0 Å². The molecule has 0 rings (SSSR count). The molecule has 0 aromatic rings. The molecule has 0 fully saturated rings. The van der Waals surface area contributed by atoms with Crippen LogP contribution in [0, 0.1) is 0 Å². The van der Waals surface area contributed by atoms with Crippen molar-refractivity contribution < 1.29 is 80.2 Å². The fourth-order valence-corrected chi connectivity index (χ4v) is 12.7. The minimum absolute atomic E-state index is 0.0737. The molecule has 0 spiro atoms. The molecule has 0 amide bonds. The third-order valence-corrected chi connectivity index (χ3v) is 19.5. The van der Waals surface area contributed by atoms with Gasteiger partial charge in [-0.25, -0.2) is 9.13 Å². The molecular weight excluding hydrogens is 1400 g/mol. The highest BCUT2D eigenvalue weighted by atomic mass is 31.2. The lowest BCUT2D eigenvalue weighted by Gasteiger charge is -2.21. The van der Waals surface area contributed by atoms with E-state index in [1.165, 1.54) is 38.5 Å². The van der Waals surface area contributed by atoms with E-state index in [1.54, 1.807) is 0 Å². The van der Waals surface area contributed by atoms with Crippen molar-refractivity contribution in [2.24, 2.45) is 0 Å². The van der Waals surface area contributed by atoms with Gasteiger partial charge in [-0.15, -0.1) is 0 Å². The highest BCUT2D eigenvalue weighted by molar-refractivity contribution is 7.47. The molecule has 3 N–H and O–H groups in total. The van der Waals surface area contributed by atoms with E-state index in [9.17, 15) is 43.2 Å². The number of carbonyl (C=O) groups is 4. The molecule has 0 aliphatic rings. The van der Waals surface area contributed by atoms with Gasteiger partial charge in [-0.3, -0.25) is 37.3 Å². The Bertz CT molecular complexity index is 2560. The number of hydrogen-bond donors (Lipinski definition) is 3. The predicted octanol–water partition coefficient (Wildman–Crippen LogP) is 25.2. The van der Waals surface area contributed by atoms with Crippen molar-refractivity contribution in [2.45, 2.75) is 367 Å². The summed E-state index contributed by atoms with van der Waals surface area (Å²) in [5.41, 5.74) is 0. The number of unbranched alkanes of at least 4 members (excludes halogenated alkanes) is 31. The van der Waals surface area contributed by atoms with Gasteiger partial charge in [0.15, 0.2) is 12.2 Å². The summed E-state index contributed by atoms with van der Waals surface area (Å²) in [5.74, 6) is -2.22. The lowest BCUT2D eigenvalue weighted by molar-refractivity contribution is -0.161. The van der Waals surface area contributed by atoms with Gasteiger partial charge >= 0.3 is 39.5 Å². The average Bonchev–Trinajstić information content (AvgIpc) is 0.887. The third-order valence-electron chi connectivity index (χ3n) is 17.5. The second-order valence-corrected chi connectivity index (χ2v) is 30.9. The van der Waals surface area contributed by atoms with Crippen LogP contribution in [-0.2, 0) is 65.4 Å². The van der Waals surface area contributed by atoms with Crippen LogP contribution in [0.5, 0.6) is 0 Å². The molecule has 5 unspecified atom stereocenters. The van der Waals surface area contributed by atoms with Crippen LogP contribution in [0.1, 0.15) is 349 Å². The van der Waals surface area contributed by atoms with Crippen LogP contribution in [0.25, 0.3) is 0 Å². The highest BCUT2D eigenvalue weighted by Gasteiger charge is 2.30. The van der Waals surface area contributed by atoms with Crippen LogP contribution in [0.4, 0.5) is 0 Å². The number of aliphatic hydroxyl groups excluding tert-OH is 1. The first-order valence-electron chi connectivity index (χ1n) is 42.4. The first-order chi connectivity index (χ1) is 52.7. The summed E-state index contributed by atoms with van der Waals surface area (Å²) in [7, 11) is -9.98. The average molecular weight is 1560 g/mol. The quantitative estimate of drug-likeness (QED) is 0.0169. The van der Waals surface area contributed by atoms with Crippen molar-refractivity contribution in [1.82, 2.24) is 0 Å². The Morgan fingerprint density at radius 3 is 0.778 bits per heavy atom. The van der Waals surface area contributed by atoms with Gasteiger partial charge in [0.05, 0.1) is 26.4 Å². The standard InChI is InChI=1S/C89H152O17P2/c1-5-9-13-17-21-25-29-33-36-39-41-44-47-51-54-58-62-66-70-74-87(92)100-80-85(106-89(94)76-72-68-64-60-56-52-48-45-42-40-37-34-30-26-22-18-14-10-6-2)82-104-108(97,98)102-78-83(90)77-101-107(95,96)103-81-84(105-88(93)75-71-67-63-59-55-49-32-28-24-20-16-12-8-4)79-99-86(91)73-69-65-61-57-53-50-46-43-38-35-31-27-23-19-15-11-7-3/h11,15-16,20-23,25-28,32-38,41-42,44-45,83-85,90H,5-10,12-14,17-19,24,29-31,39-40,43,46-82H2,1-4H3,(H,95,96)(H,97,98)/b15-11-,20-16-,25-21-,26-22-,27-23-,32-28-,36-33-,37-34-,38-35-,44-41-,45-42-. The second kappa shape index (κ2) is 80.3. The number of ether oxygens (including phenoxy) is 4. The van der Waals surface area contributed by atoms with E-state index in [0.29, 0.717) is 25.7 Å². The molecular formula is C89H152O17P2. The molecule has 17 nitrogen and oxygen atoms in total.